The third kappa shape index (κ3) is 5.20. The molecule has 164 valence electrons. The van der Waals surface area contributed by atoms with E-state index in [1.165, 1.54) is 34.9 Å². The van der Waals surface area contributed by atoms with Crippen LogP contribution in [0.5, 0.6) is 0 Å². The summed E-state index contributed by atoms with van der Waals surface area (Å²) in [7, 11) is 0. The second-order valence-electron chi connectivity index (χ2n) is 7.07. The van der Waals surface area contributed by atoms with Gasteiger partial charge in [-0.3, -0.25) is 9.59 Å². The minimum absolute atomic E-state index is 0.124. The molecule has 0 saturated carbocycles. The number of nitrogens with zero attached hydrogens (tertiary/aromatic N) is 3. The Morgan fingerprint density at radius 1 is 1.19 bits per heavy atom. The molecular formula is C22H21N5O2S3. The van der Waals surface area contributed by atoms with E-state index >= 15 is 0 Å². The second kappa shape index (κ2) is 9.85. The number of carbonyl (C=O) groups excluding carboxylic acids is 1. The number of aromatic nitrogens is 4. The number of carbonyl (C=O) groups is 1. The highest BCUT2D eigenvalue weighted by Crippen LogP contribution is 2.28. The van der Waals surface area contributed by atoms with Gasteiger partial charge in [-0.15, -0.1) is 23.1 Å². The third-order valence-corrected chi connectivity index (χ3v) is 7.92. The van der Waals surface area contributed by atoms with Gasteiger partial charge in [-0.1, -0.05) is 17.8 Å². The Balaban J connectivity index is 1.38. The Kier molecular flexibility index (Phi) is 6.92. The van der Waals surface area contributed by atoms with E-state index < -0.39 is 0 Å². The van der Waals surface area contributed by atoms with Gasteiger partial charge >= 0.3 is 0 Å². The summed E-state index contributed by atoms with van der Waals surface area (Å²) in [5.41, 5.74) is 1.52. The number of thioether (sulfide) groups is 1. The number of amides is 1. The van der Waals surface area contributed by atoms with Gasteiger partial charge < -0.3 is 10.3 Å². The van der Waals surface area contributed by atoms with Crippen LogP contribution in [0.15, 0.2) is 57.6 Å². The number of nitrogens with one attached hydrogen (secondary N) is 2. The molecule has 4 heterocycles. The van der Waals surface area contributed by atoms with Gasteiger partial charge in [-0.05, 0) is 50.6 Å². The lowest BCUT2D eigenvalue weighted by atomic mass is 10.2. The van der Waals surface area contributed by atoms with Crippen molar-refractivity contribution in [2.45, 2.75) is 41.8 Å². The lowest BCUT2D eigenvalue weighted by Crippen LogP contribution is -2.23. The maximum atomic E-state index is 12.7. The van der Waals surface area contributed by atoms with Gasteiger partial charge in [0, 0.05) is 23.0 Å². The predicted octanol–water partition coefficient (Wildman–Crippen LogP) is 4.80. The molecular weight excluding hydrogens is 462 g/mol. The molecule has 1 amide bonds. The van der Waals surface area contributed by atoms with E-state index in [2.05, 4.69) is 25.3 Å². The number of hydrogen-bond acceptors (Lipinski definition) is 8. The van der Waals surface area contributed by atoms with Crippen LogP contribution in [0.2, 0.25) is 0 Å². The number of hydrogen-bond donors (Lipinski definition) is 2. The first-order valence-electron chi connectivity index (χ1n) is 9.87. The molecule has 0 saturated heterocycles. The molecule has 1 unspecified atom stereocenters. The van der Waals surface area contributed by atoms with Gasteiger partial charge in [-0.2, -0.15) is 0 Å². The van der Waals surface area contributed by atoms with Crippen LogP contribution in [-0.2, 0) is 10.5 Å². The minimum Gasteiger partial charge on any atom is -0.325 e. The highest BCUT2D eigenvalue weighted by atomic mass is 32.2. The number of anilines is 1. The zero-order valence-corrected chi connectivity index (χ0v) is 20.2. The molecule has 4 aromatic heterocycles. The van der Waals surface area contributed by atoms with Gasteiger partial charge in [0.25, 0.3) is 5.56 Å². The van der Waals surface area contributed by atoms with E-state index in [1.54, 1.807) is 18.5 Å². The van der Waals surface area contributed by atoms with Crippen LogP contribution in [0.4, 0.5) is 5.69 Å². The predicted molar refractivity (Wildman–Crippen MR) is 132 cm³/mol. The smallest absolute Gasteiger partial charge is 0.259 e. The van der Waals surface area contributed by atoms with Crippen molar-refractivity contribution in [2.75, 3.05) is 5.32 Å². The molecule has 0 aromatic carbocycles. The SMILES string of the molecule is Cc1sc2nc(CSC(C)C(=O)Nc3ccnc(Sc4ccccn4)c3)[nH]c(=O)c2c1C. The van der Waals surface area contributed by atoms with Crippen LogP contribution in [0.1, 0.15) is 23.2 Å². The number of aromatic amines is 1. The quantitative estimate of drug-likeness (QED) is 0.389. The minimum atomic E-state index is -0.331. The monoisotopic (exact) mass is 483 g/mol. The van der Waals surface area contributed by atoms with Crippen molar-refractivity contribution in [1.82, 2.24) is 19.9 Å². The first kappa shape index (κ1) is 22.5. The zero-order chi connectivity index (χ0) is 22.7. The maximum absolute atomic E-state index is 12.7. The number of aryl methyl sites for hydroxylation is 2. The molecule has 0 radical (unpaired) electrons. The molecule has 0 aliphatic carbocycles. The van der Waals surface area contributed by atoms with Crippen molar-refractivity contribution in [3.8, 4) is 0 Å². The molecule has 0 fully saturated rings. The fourth-order valence-electron chi connectivity index (χ4n) is 2.95. The summed E-state index contributed by atoms with van der Waals surface area (Å²) < 4.78 is 0. The topological polar surface area (TPSA) is 101 Å². The van der Waals surface area contributed by atoms with Crippen molar-refractivity contribution in [1.29, 1.82) is 0 Å². The van der Waals surface area contributed by atoms with Crippen LogP contribution >= 0.6 is 34.9 Å². The number of thiophene rings is 1. The summed E-state index contributed by atoms with van der Waals surface area (Å²) in [5, 5.41) is 4.84. The lowest BCUT2D eigenvalue weighted by Gasteiger charge is -2.12. The molecule has 32 heavy (non-hydrogen) atoms. The molecule has 2 N–H and O–H groups in total. The van der Waals surface area contributed by atoms with Crippen molar-refractivity contribution in [2.24, 2.45) is 0 Å². The lowest BCUT2D eigenvalue weighted by molar-refractivity contribution is -0.115. The summed E-state index contributed by atoms with van der Waals surface area (Å²) in [6.07, 6.45) is 3.39. The largest absolute Gasteiger partial charge is 0.325 e. The van der Waals surface area contributed by atoms with Gasteiger partial charge in [0.2, 0.25) is 5.91 Å². The number of rotatable bonds is 7. The molecule has 10 heteroatoms. The summed E-state index contributed by atoms with van der Waals surface area (Å²) in [4.78, 5) is 43.0. The summed E-state index contributed by atoms with van der Waals surface area (Å²) in [5.74, 6) is 0.889. The standard InChI is InChI=1S/C22H21N5O2S3/c1-12-13(2)31-22-19(12)21(29)26-16(27-22)11-30-14(3)20(28)25-15-7-9-24-18(10-15)32-17-6-4-5-8-23-17/h4-10,14H,11H2,1-3H3,(H,24,25,28)(H,26,27,29). The Hall–Kier alpha value is -2.69. The van der Waals surface area contributed by atoms with Crippen molar-refractivity contribution < 1.29 is 4.79 Å². The molecule has 4 aromatic rings. The summed E-state index contributed by atoms with van der Waals surface area (Å²) >= 11 is 4.37. The second-order valence-corrected chi connectivity index (χ2v) is 10.6. The van der Waals surface area contributed by atoms with E-state index in [4.69, 9.17) is 0 Å². The molecule has 0 spiro atoms. The van der Waals surface area contributed by atoms with E-state index in [0.717, 1.165) is 25.3 Å². The van der Waals surface area contributed by atoms with Gasteiger partial charge in [0.15, 0.2) is 0 Å². The van der Waals surface area contributed by atoms with Crippen LogP contribution in [0.25, 0.3) is 10.2 Å². The molecule has 4 rings (SSSR count). The molecule has 0 aliphatic rings. The fourth-order valence-corrected chi connectivity index (χ4v) is 5.53. The van der Waals surface area contributed by atoms with Crippen LogP contribution < -0.4 is 10.9 Å². The van der Waals surface area contributed by atoms with E-state index in [1.807, 2.05) is 45.0 Å². The van der Waals surface area contributed by atoms with E-state index in [-0.39, 0.29) is 16.7 Å². The van der Waals surface area contributed by atoms with Gasteiger partial charge in [-0.25, -0.2) is 15.0 Å². The normalized spacial score (nSPS) is 12.1. The van der Waals surface area contributed by atoms with Crippen molar-refractivity contribution >= 4 is 56.7 Å². The van der Waals surface area contributed by atoms with E-state index in [9.17, 15) is 9.59 Å². The molecule has 0 aliphatic heterocycles. The first-order valence-corrected chi connectivity index (χ1v) is 12.5. The Morgan fingerprint density at radius 3 is 2.78 bits per heavy atom. The number of H-pyrrole nitrogens is 1. The fraction of sp³-hybridized carbons (Fsp3) is 0.227. The van der Waals surface area contributed by atoms with Gasteiger partial charge in [0.1, 0.15) is 20.7 Å². The average molecular weight is 484 g/mol. The molecule has 1 atom stereocenters. The van der Waals surface area contributed by atoms with Crippen molar-refractivity contribution in [3.05, 3.63) is 69.3 Å². The summed E-state index contributed by atoms with van der Waals surface area (Å²) in [6, 6.07) is 9.26. The summed E-state index contributed by atoms with van der Waals surface area (Å²) in [6.45, 7) is 5.76. The van der Waals surface area contributed by atoms with Crippen molar-refractivity contribution in [3.63, 3.8) is 0 Å². The van der Waals surface area contributed by atoms with Crippen LogP contribution in [0, 0.1) is 13.8 Å². The maximum Gasteiger partial charge on any atom is 0.259 e. The van der Waals surface area contributed by atoms with Crippen LogP contribution in [0.3, 0.4) is 0 Å². The Bertz CT molecular complexity index is 1320. The molecule has 7 nitrogen and oxygen atoms in total. The number of pyridine rings is 2. The number of fused-ring (bicyclic) bond motifs is 1. The van der Waals surface area contributed by atoms with Crippen LogP contribution in [-0.4, -0.2) is 31.1 Å². The Labute approximate surface area is 197 Å². The highest BCUT2D eigenvalue weighted by Gasteiger charge is 2.17. The Morgan fingerprint density at radius 2 is 2.00 bits per heavy atom. The van der Waals surface area contributed by atoms with Gasteiger partial charge in [0.05, 0.1) is 16.4 Å². The highest BCUT2D eigenvalue weighted by molar-refractivity contribution is 7.99. The average Bonchev–Trinajstić information content (AvgIpc) is 3.06. The third-order valence-electron chi connectivity index (χ3n) is 4.78. The zero-order valence-electron chi connectivity index (χ0n) is 17.7. The van der Waals surface area contributed by atoms with E-state index in [0.29, 0.717) is 22.7 Å². The molecule has 0 bridgehead atoms. The first-order chi connectivity index (χ1) is 15.4.